The van der Waals surface area contributed by atoms with E-state index in [4.69, 9.17) is 5.73 Å². The molecular weight excluding hydrogens is 363 g/mol. The molecule has 1 atom stereocenters. The van der Waals surface area contributed by atoms with Gasteiger partial charge in [0.25, 0.3) is 0 Å². The number of halogens is 3. The smallest absolute Gasteiger partial charge is 0.126 e. The van der Waals surface area contributed by atoms with Gasteiger partial charge in [-0.05, 0) is 58.2 Å². The lowest BCUT2D eigenvalue weighted by Gasteiger charge is -2.12. The third-order valence-corrected chi connectivity index (χ3v) is 3.54. The van der Waals surface area contributed by atoms with Gasteiger partial charge in [-0.1, -0.05) is 15.9 Å². The van der Waals surface area contributed by atoms with Crippen LogP contribution in [0.3, 0.4) is 0 Å². The molecule has 94 valence electrons. The number of aromatic nitrogens is 1. The number of benzene rings is 1. The Morgan fingerprint density at radius 2 is 1.89 bits per heavy atom. The molecule has 1 aromatic carbocycles. The number of hydrogen-bond acceptors (Lipinski definition) is 2. The molecule has 1 unspecified atom stereocenters. The van der Waals surface area contributed by atoms with Crippen LogP contribution in [0.5, 0.6) is 0 Å². The van der Waals surface area contributed by atoms with Crippen LogP contribution >= 0.6 is 31.9 Å². The molecule has 0 aliphatic heterocycles. The van der Waals surface area contributed by atoms with Gasteiger partial charge in [0.1, 0.15) is 5.82 Å². The van der Waals surface area contributed by atoms with Gasteiger partial charge in [-0.3, -0.25) is 4.98 Å². The number of nitrogens with two attached hydrogens (primary N) is 1. The zero-order valence-electron chi connectivity index (χ0n) is 9.41. The summed E-state index contributed by atoms with van der Waals surface area (Å²) >= 11 is 6.64. The summed E-state index contributed by atoms with van der Waals surface area (Å²) in [6.07, 6.45) is 2.10. The Kier molecular flexibility index (Phi) is 4.48. The number of pyridine rings is 1. The predicted molar refractivity (Wildman–Crippen MR) is 76.7 cm³/mol. The van der Waals surface area contributed by atoms with Crippen molar-refractivity contribution < 1.29 is 4.39 Å². The van der Waals surface area contributed by atoms with Crippen LogP contribution in [-0.2, 0) is 6.42 Å². The average molecular weight is 374 g/mol. The highest BCUT2D eigenvalue weighted by Gasteiger charge is 2.12. The van der Waals surface area contributed by atoms with Crippen LogP contribution in [0.4, 0.5) is 4.39 Å². The molecule has 2 aromatic rings. The van der Waals surface area contributed by atoms with Gasteiger partial charge in [0.2, 0.25) is 0 Å². The highest BCUT2D eigenvalue weighted by Crippen LogP contribution is 2.21. The Labute approximate surface area is 122 Å². The molecule has 1 heterocycles. The van der Waals surface area contributed by atoms with Crippen molar-refractivity contribution in [1.82, 2.24) is 4.98 Å². The second kappa shape index (κ2) is 5.91. The first kappa shape index (κ1) is 13.6. The summed E-state index contributed by atoms with van der Waals surface area (Å²) in [5, 5.41) is 0. The summed E-state index contributed by atoms with van der Waals surface area (Å²) < 4.78 is 15.3. The predicted octanol–water partition coefficient (Wildman–Crippen LogP) is 3.99. The van der Waals surface area contributed by atoms with E-state index in [1.54, 1.807) is 18.3 Å². The summed E-state index contributed by atoms with van der Waals surface area (Å²) in [4.78, 5) is 4.22. The lowest BCUT2D eigenvalue weighted by Crippen LogP contribution is -2.15. The van der Waals surface area contributed by atoms with Crippen molar-refractivity contribution >= 4 is 31.9 Å². The van der Waals surface area contributed by atoms with Gasteiger partial charge < -0.3 is 5.73 Å². The second-order valence-corrected chi connectivity index (χ2v) is 5.78. The van der Waals surface area contributed by atoms with Crippen molar-refractivity contribution in [2.45, 2.75) is 12.5 Å². The summed E-state index contributed by atoms with van der Waals surface area (Å²) in [5.74, 6) is -0.245. The van der Waals surface area contributed by atoms with E-state index in [1.165, 1.54) is 6.07 Å². The molecule has 5 heteroatoms. The van der Waals surface area contributed by atoms with Crippen LogP contribution in [0, 0.1) is 5.82 Å². The standard InChI is InChI=1S/C13H11Br2FN2/c14-9-1-3-11(16)8(5-9)6-12(17)13-4-2-10(15)7-18-13/h1-5,7,12H,6,17H2. The molecule has 1 aromatic heterocycles. The first-order chi connectivity index (χ1) is 8.56. The van der Waals surface area contributed by atoms with Crippen LogP contribution in [0.25, 0.3) is 0 Å². The molecule has 0 aliphatic carbocycles. The van der Waals surface area contributed by atoms with Crippen molar-refractivity contribution in [2.75, 3.05) is 0 Å². The van der Waals surface area contributed by atoms with Crippen molar-refractivity contribution in [2.24, 2.45) is 5.73 Å². The topological polar surface area (TPSA) is 38.9 Å². The summed E-state index contributed by atoms with van der Waals surface area (Å²) in [6, 6.07) is 8.24. The van der Waals surface area contributed by atoms with Crippen molar-refractivity contribution in [3.8, 4) is 0 Å². The molecule has 0 amide bonds. The van der Waals surface area contributed by atoms with Crippen molar-refractivity contribution in [3.05, 3.63) is 62.5 Å². The lowest BCUT2D eigenvalue weighted by molar-refractivity contribution is 0.589. The van der Waals surface area contributed by atoms with Crippen LogP contribution in [0.1, 0.15) is 17.3 Å². The van der Waals surface area contributed by atoms with Crippen LogP contribution in [0.2, 0.25) is 0 Å². The fraction of sp³-hybridized carbons (Fsp3) is 0.154. The number of hydrogen-bond donors (Lipinski definition) is 1. The summed E-state index contributed by atoms with van der Waals surface area (Å²) in [7, 11) is 0. The van der Waals surface area contributed by atoms with Crippen LogP contribution < -0.4 is 5.73 Å². The minimum Gasteiger partial charge on any atom is -0.322 e. The first-order valence-electron chi connectivity index (χ1n) is 5.37. The molecule has 0 radical (unpaired) electrons. The molecule has 18 heavy (non-hydrogen) atoms. The van der Waals surface area contributed by atoms with E-state index in [0.717, 1.165) is 14.6 Å². The van der Waals surface area contributed by atoms with Gasteiger partial charge in [-0.15, -0.1) is 0 Å². The third-order valence-electron chi connectivity index (χ3n) is 2.58. The Balaban J connectivity index is 2.18. The highest BCUT2D eigenvalue weighted by molar-refractivity contribution is 9.10. The maximum Gasteiger partial charge on any atom is 0.126 e. The third kappa shape index (κ3) is 3.37. The Morgan fingerprint density at radius 1 is 1.17 bits per heavy atom. The molecule has 0 aliphatic rings. The van der Waals surface area contributed by atoms with E-state index in [1.807, 2.05) is 12.1 Å². The van der Waals surface area contributed by atoms with Crippen molar-refractivity contribution in [3.63, 3.8) is 0 Å². The molecule has 2 N–H and O–H groups in total. The Hall–Kier alpha value is -0.780. The van der Waals surface area contributed by atoms with Gasteiger partial charge in [-0.2, -0.15) is 0 Å². The fourth-order valence-corrected chi connectivity index (χ4v) is 2.29. The normalized spacial score (nSPS) is 12.4. The minimum absolute atomic E-state index is 0.245. The summed E-state index contributed by atoms with van der Waals surface area (Å²) in [5.41, 5.74) is 7.37. The lowest BCUT2D eigenvalue weighted by atomic mass is 10.0. The zero-order chi connectivity index (χ0) is 13.1. The molecule has 2 rings (SSSR count). The maximum absolute atomic E-state index is 13.6. The SMILES string of the molecule is NC(Cc1cc(Br)ccc1F)c1ccc(Br)cn1. The second-order valence-electron chi connectivity index (χ2n) is 3.95. The van der Waals surface area contributed by atoms with Crippen LogP contribution in [0.15, 0.2) is 45.5 Å². The van der Waals surface area contributed by atoms with Gasteiger partial charge >= 0.3 is 0 Å². The zero-order valence-corrected chi connectivity index (χ0v) is 12.6. The molecule has 0 bridgehead atoms. The first-order valence-corrected chi connectivity index (χ1v) is 6.96. The number of nitrogens with zero attached hydrogens (tertiary/aromatic N) is 1. The maximum atomic E-state index is 13.6. The Morgan fingerprint density at radius 3 is 2.56 bits per heavy atom. The molecule has 2 nitrogen and oxygen atoms in total. The highest BCUT2D eigenvalue weighted by atomic mass is 79.9. The molecular formula is C13H11Br2FN2. The quantitative estimate of drug-likeness (QED) is 0.883. The largest absolute Gasteiger partial charge is 0.322 e. The van der Waals surface area contributed by atoms with E-state index in [2.05, 4.69) is 36.8 Å². The molecule has 0 spiro atoms. The average Bonchev–Trinajstić information content (AvgIpc) is 2.34. The molecule has 0 fully saturated rings. The van der Waals surface area contributed by atoms with E-state index in [0.29, 0.717) is 12.0 Å². The fourth-order valence-electron chi connectivity index (χ4n) is 1.65. The van der Waals surface area contributed by atoms with Gasteiger partial charge in [0.05, 0.1) is 11.7 Å². The van der Waals surface area contributed by atoms with E-state index in [9.17, 15) is 4.39 Å². The van der Waals surface area contributed by atoms with E-state index >= 15 is 0 Å². The number of rotatable bonds is 3. The monoisotopic (exact) mass is 372 g/mol. The van der Waals surface area contributed by atoms with Gasteiger partial charge in [0, 0.05) is 15.1 Å². The summed E-state index contributed by atoms with van der Waals surface area (Å²) in [6.45, 7) is 0. The molecule has 0 saturated heterocycles. The van der Waals surface area contributed by atoms with E-state index in [-0.39, 0.29) is 11.9 Å². The van der Waals surface area contributed by atoms with E-state index < -0.39 is 0 Å². The van der Waals surface area contributed by atoms with Crippen molar-refractivity contribution in [1.29, 1.82) is 0 Å². The van der Waals surface area contributed by atoms with Gasteiger partial charge in [0.15, 0.2) is 0 Å². The van der Waals surface area contributed by atoms with Gasteiger partial charge in [-0.25, -0.2) is 4.39 Å². The molecule has 0 saturated carbocycles. The van der Waals surface area contributed by atoms with Crippen LogP contribution in [-0.4, -0.2) is 4.98 Å². The Bertz CT molecular complexity index is 543. The minimum atomic E-state index is -0.318.